The van der Waals surface area contributed by atoms with Gasteiger partial charge in [0.2, 0.25) is 11.7 Å². The maximum atomic E-state index is 8.75. The van der Waals surface area contributed by atoms with Crippen molar-refractivity contribution in [2.75, 3.05) is 6.61 Å². The minimum Gasteiger partial charge on any atom is -0.396 e. The van der Waals surface area contributed by atoms with Crippen molar-refractivity contribution in [1.82, 2.24) is 10.1 Å². The minimum atomic E-state index is -0.408. The summed E-state index contributed by atoms with van der Waals surface area (Å²) in [7, 11) is 0. The molecule has 1 unspecified atom stereocenters. The SMILES string of the molecule is NC(CCO)c1nc(-c2cc(Br)cs2)no1. The van der Waals surface area contributed by atoms with Crippen LogP contribution in [0.5, 0.6) is 0 Å². The van der Waals surface area contributed by atoms with Gasteiger partial charge in [0.1, 0.15) is 0 Å². The van der Waals surface area contributed by atoms with Crippen molar-refractivity contribution in [1.29, 1.82) is 0 Å². The Morgan fingerprint density at radius 3 is 3.06 bits per heavy atom. The zero-order chi connectivity index (χ0) is 11.5. The lowest BCUT2D eigenvalue weighted by molar-refractivity contribution is 0.259. The lowest BCUT2D eigenvalue weighted by Crippen LogP contribution is -2.12. The van der Waals surface area contributed by atoms with E-state index in [9.17, 15) is 0 Å². The molecule has 1 atom stereocenters. The lowest BCUT2D eigenvalue weighted by Gasteiger charge is -2.01. The average Bonchev–Trinajstić information content (AvgIpc) is 2.85. The van der Waals surface area contributed by atoms with Gasteiger partial charge < -0.3 is 15.4 Å². The number of aliphatic hydroxyl groups excluding tert-OH is 1. The molecular weight excluding hydrogens is 294 g/mol. The van der Waals surface area contributed by atoms with Gasteiger partial charge in [0.25, 0.3) is 0 Å². The van der Waals surface area contributed by atoms with Crippen LogP contribution in [-0.4, -0.2) is 21.9 Å². The number of hydrogen-bond donors (Lipinski definition) is 2. The molecule has 2 rings (SSSR count). The third kappa shape index (κ3) is 2.49. The molecule has 16 heavy (non-hydrogen) atoms. The fraction of sp³-hybridized carbons (Fsp3) is 0.333. The summed E-state index contributed by atoms with van der Waals surface area (Å²) < 4.78 is 6.02. The molecule has 2 heterocycles. The number of thiophene rings is 1. The highest BCUT2D eigenvalue weighted by Crippen LogP contribution is 2.28. The predicted octanol–water partition coefficient (Wildman–Crippen LogP) is 1.94. The van der Waals surface area contributed by atoms with E-state index in [0.29, 0.717) is 18.1 Å². The highest BCUT2D eigenvalue weighted by Gasteiger charge is 2.15. The highest BCUT2D eigenvalue weighted by molar-refractivity contribution is 9.10. The van der Waals surface area contributed by atoms with Crippen molar-refractivity contribution in [3.8, 4) is 10.7 Å². The van der Waals surface area contributed by atoms with Crippen molar-refractivity contribution in [3.05, 3.63) is 21.8 Å². The summed E-state index contributed by atoms with van der Waals surface area (Å²) in [4.78, 5) is 5.10. The van der Waals surface area contributed by atoms with E-state index >= 15 is 0 Å². The summed E-state index contributed by atoms with van der Waals surface area (Å²) >= 11 is 4.88. The number of hydrogen-bond acceptors (Lipinski definition) is 6. The third-order valence-corrected chi connectivity index (χ3v) is 3.67. The molecule has 0 radical (unpaired) electrons. The van der Waals surface area contributed by atoms with E-state index in [2.05, 4.69) is 26.1 Å². The lowest BCUT2D eigenvalue weighted by atomic mass is 10.2. The number of aliphatic hydroxyl groups is 1. The van der Waals surface area contributed by atoms with Crippen LogP contribution >= 0.6 is 27.3 Å². The van der Waals surface area contributed by atoms with E-state index in [1.807, 2.05) is 11.4 Å². The Labute approximate surface area is 104 Å². The Kier molecular flexibility index (Phi) is 3.70. The molecule has 3 N–H and O–H groups in total. The summed E-state index contributed by atoms with van der Waals surface area (Å²) in [5, 5.41) is 14.5. The van der Waals surface area contributed by atoms with Gasteiger partial charge in [-0.1, -0.05) is 5.16 Å². The van der Waals surface area contributed by atoms with Gasteiger partial charge in [0.15, 0.2) is 0 Å². The predicted molar refractivity (Wildman–Crippen MR) is 63.9 cm³/mol. The highest BCUT2D eigenvalue weighted by atomic mass is 79.9. The summed E-state index contributed by atoms with van der Waals surface area (Å²) in [5.74, 6) is 0.882. The quantitative estimate of drug-likeness (QED) is 0.901. The van der Waals surface area contributed by atoms with Crippen molar-refractivity contribution >= 4 is 27.3 Å². The van der Waals surface area contributed by atoms with Gasteiger partial charge in [-0.05, 0) is 28.4 Å². The van der Waals surface area contributed by atoms with E-state index in [-0.39, 0.29) is 6.61 Å². The van der Waals surface area contributed by atoms with Crippen LogP contribution in [0.2, 0.25) is 0 Å². The van der Waals surface area contributed by atoms with Gasteiger partial charge in [-0.25, -0.2) is 0 Å². The molecule has 2 aromatic rings. The van der Waals surface area contributed by atoms with E-state index < -0.39 is 6.04 Å². The molecule has 0 bridgehead atoms. The number of nitrogens with two attached hydrogens (primary N) is 1. The van der Waals surface area contributed by atoms with Crippen LogP contribution in [0.1, 0.15) is 18.4 Å². The largest absolute Gasteiger partial charge is 0.396 e. The maximum absolute atomic E-state index is 8.75. The number of rotatable bonds is 4. The third-order valence-electron chi connectivity index (χ3n) is 1.99. The second-order valence-corrected chi connectivity index (χ2v) is 5.03. The van der Waals surface area contributed by atoms with Crippen LogP contribution in [0.15, 0.2) is 20.4 Å². The molecule has 86 valence electrons. The van der Waals surface area contributed by atoms with Crippen LogP contribution < -0.4 is 5.73 Å². The normalized spacial score (nSPS) is 12.9. The van der Waals surface area contributed by atoms with E-state index in [1.54, 1.807) is 0 Å². The molecule has 0 aromatic carbocycles. The molecule has 2 aromatic heterocycles. The van der Waals surface area contributed by atoms with Crippen LogP contribution in [0, 0.1) is 0 Å². The molecule has 0 aliphatic heterocycles. The molecule has 5 nitrogen and oxygen atoms in total. The van der Waals surface area contributed by atoms with Crippen molar-refractivity contribution in [3.63, 3.8) is 0 Å². The topological polar surface area (TPSA) is 85.2 Å². The fourth-order valence-electron chi connectivity index (χ4n) is 1.18. The monoisotopic (exact) mass is 303 g/mol. The second kappa shape index (κ2) is 5.05. The Balaban J connectivity index is 2.19. The average molecular weight is 304 g/mol. The fourth-order valence-corrected chi connectivity index (χ4v) is 2.53. The number of aromatic nitrogens is 2. The molecule has 0 saturated carbocycles. The van der Waals surface area contributed by atoms with Gasteiger partial charge in [-0.15, -0.1) is 11.3 Å². The number of nitrogens with zero attached hydrogens (tertiary/aromatic N) is 2. The molecular formula is C9H10BrN3O2S. The molecule has 0 spiro atoms. The zero-order valence-corrected chi connectivity index (χ0v) is 10.7. The van der Waals surface area contributed by atoms with Gasteiger partial charge in [-0.3, -0.25) is 0 Å². The molecule has 0 amide bonds. The van der Waals surface area contributed by atoms with Gasteiger partial charge in [0.05, 0.1) is 10.9 Å². The first kappa shape index (κ1) is 11.7. The van der Waals surface area contributed by atoms with Crippen LogP contribution in [0.4, 0.5) is 0 Å². The summed E-state index contributed by atoms with van der Waals surface area (Å²) in [6.45, 7) is 0.00340. The standard InChI is InChI=1S/C9H10BrN3O2S/c10-5-3-7(16-4-5)8-12-9(15-13-8)6(11)1-2-14/h3-4,6,14H,1-2,11H2. The Hall–Kier alpha value is -0.760. The van der Waals surface area contributed by atoms with Crippen molar-refractivity contribution < 1.29 is 9.63 Å². The summed E-state index contributed by atoms with van der Waals surface area (Å²) in [6, 6.07) is 1.51. The molecule has 0 saturated heterocycles. The Morgan fingerprint density at radius 1 is 1.62 bits per heavy atom. The maximum Gasteiger partial charge on any atom is 0.243 e. The molecule has 0 aliphatic rings. The van der Waals surface area contributed by atoms with Crippen LogP contribution in [-0.2, 0) is 0 Å². The van der Waals surface area contributed by atoms with Crippen LogP contribution in [0.25, 0.3) is 10.7 Å². The summed E-state index contributed by atoms with van der Waals surface area (Å²) in [6.07, 6.45) is 0.412. The van der Waals surface area contributed by atoms with E-state index in [0.717, 1.165) is 9.35 Å². The van der Waals surface area contributed by atoms with E-state index in [4.69, 9.17) is 15.4 Å². The molecule has 0 aliphatic carbocycles. The summed E-state index contributed by atoms with van der Waals surface area (Å²) in [5.41, 5.74) is 5.74. The van der Waals surface area contributed by atoms with E-state index in [1.165, 1.54) is 11.3 Å². The second-order valence-electron chi connectivity index (χ2n) is 3.20. The van der Waals surface area contributed by atoms with Gasteiger partial charge >= 0.3 is 0 Å². The zero-order valence-electron chi connectivity index (χ0n) is 8.26. The van der Waals surface area contributed by atoms with Crippen LogP contribution in [0.3, 0.4) is 0 Å². The van der Waals surface area contributed by atoms with Gasteiger partial charge in [0, 0.05) is 16.5 Å². The minimum absolute atomic E-state index is 0.00340. The molecule has 0 fully saturated rings. The first-order chi connectivity index (χ1) is 7.70. The Bertz CT molecular complexity index is 471. The van der Waals surface area contributed by atoms with Crippen molar-refractivity contribution in [2.24, 2.45) is 5.73 Å². The number of halogens is 1. The first-order valence-corrected chi connectivity index (χ1v) is 6.32. The first-order valence-electron chi connectivity index (χ1n) is 4.65. The van der Waals surface area contributed by atoms with Gasteiger partial charge in [-0.2, -0.15) is 4.98 Å². The smallest absolute Gasteiger partial charge is 0.243 e. The Morgan fingerprint density at radius 2 is 2.44 bits per heavy atom. The van der Waals surface area contributed by atoms with Crippen molar-refractivity contribution in [2.45, 2.75) is 12.5 Å². The molecule has 7 heteroatoms.